The average Bonchev–Trinajstić information content (AvgIpc) is 2.57. The second-order valence-corrected chi connectivity index (χ2v) is 5.37. The molecule has 1 aromatic carbocycles. The summed E-state index contributed by atoms with van der Waals surface area (Å²) in [7, 11) is 0. The molecule has 1 aromatic rings. The molecule has 0 aliphatic carbocycles. The van der Waals surface area contributed by atoms with Crippen LogP contribution < -0.4 is 0 Å². The Hall–Kier alpha value is -1.47. The molecule has 0 nitrogen and oxygen atoms in total. The fraction of sp³-hybridized carbons (Fsp3) is 0.125. The monoisotopic (exact) mass is 240 g/mol. The zero-order valence-corrected chi connectivity index (χ0v) is 10.9. The summed E-state index contributed by atoms with van der Waals surface area (Å²) in [6.07, 6.45) is 4.04. The fourth-order valence-corrected chi connectivity index (χ4v) is 2.86. The molecule has 0 aromatic heterocycles. The van der Waals surface area contributed by atoms with E-state index in [9.17, 15) is 0 Å². The summed E-state index contributed by atoms with van der Waals surface area (Å²) in [6.45, 7) is 14.1. The van der Waals surface area contributed by atoms with E-state index in [2.05, 4.69) is 44.9 Å². The molecule has 0 radical (unpaired) electrons. The Morgan fingerprint density at radius 1 is 1.24 bits per heavy atom. The minimum absolute atomic E-state index is 0.383. The number of benzene rings is 1. The van der Waals surface area contributed by atoms with Gasteiger partial charge < -0.3 is 0 Å². The quantitative estimate of drug-likeness (QED) is 0.691. The molecule has 0 amide bonds. The van der Waals surface area contributed by atoms with Crippen molar-refractivity contribution in [3.8, 4) is 0 Å². The molecular formula is C16H16S. The molecule has 1 saturated heterocycles. The molecule has 0 N–H and O–H groups in total. The largest absolute Gasteiger partial charge is 0.0985 e. The lowest BCUT2D eigenvalue weighted by molar-refractivity contribution is 0.896. The van der Waals surface area contributed by atoms with Gasteiger partial charge in [-0.05, 0) is 33.7 Å². The Morgan fingerprint density at radius 2 is 1.94 bits per heavy atom. The molecule has 1 fully saturated rings. The van der Waals surface area contributed by atoms with Gasteiger partial charge in [0.1, 0.15) is 0 Å². The first-order valence-electron chi connectivity index (χ1n) is 5.62. The normalized spacial score (nSPS) is 22.2. The van der Waals surface area contributed by atoms with Crippen LogP contribution in [0.3, 0.4) is 0 Å². The zero-order chi connectivity index (χ0) is 12.4. The Balaban J connectivity index is 2.33. The van der Waals surface area contributed by atoms with E-state index < -0.39 is 0 Å². The van der Waals surface area contributed by atoms with E-state index in [0.717, 1.165) is 5.56 Å². The number of rotatable bonds is 2. The van der Waals surface area contributed by atoms with Gasteiger partial charge in [-0.15, -0.1) is 0 Å². The first kappa shape index (κ1) is 12.0. The van der Waals surface area contributed by atoms with E-state index in [1.807, 2.05) is 18.2 Å². The third kappa shape index (κ3) is 2.45. The van der Waals surface area contributed by atoms with Crippen LogP contribution in [-0.2, 0) is 0 Å². The number of allylic oxidation sites excluding steroid dienone is 2. The van der Waals surface area contributed by atoms with Crippen molar-refractivity contribution >= 4 is 23.9 Å². The van der Waals surface area contributed by atoms with Gasteiger partial charge >= 0.3 is 0 Å². The lowest BCUT2D eigenvalue weighted by Crippen LogP contribution is -1.89. The van der Waals surface area contributed by atoms with Crippen LogP contribution in [0.15, 0.2) is 59.4 Å². The van der Waals surface area contributed by atoms with E-state index in [1.165, 1.54) is 20.9 Å². The maximum absolute atomic E-state index is 4.14. The molecule has 17 heavy (non-hydrogen) atoms. The molecule has 1 heteroatoms. The van der Waals surface area contributed by atoms with E-state index >= 15 is 0 Å². The van der Waals surface area contributed by atoms with Crippen molar-refractivity contribution in [2.45, 2.75) is 6.92 Å². The van der Waals surface area contributed by atoms with Crippen molar-refractivity contribution in [1.82, 2.24) is 0 Å². The zero-order valence-electron chi connectivity index (χ0n) is 10.1. The highest BCUT2D eigenvalue weighted by Gasteiger charge is 2.24. The molecular weight excluding hydrogens is 224 g/mol. The Bertz CT molecular complexity index is 520. The molecule has 1 atom stereocenters. The van der Waals surface area contributed by atoms with Crippen molar-refractivity contribution in [3.05, 3.63) is 70.5 Å². The SMILES string of the molecule is C=Cc1cccc(/C=C2\SC(=C)C(C)C2=C)c1. The van der Waals surface area contributed by atoms with Crippen molar-refractivity contribution < 1.29 is 0 Å². The van der Waals surface area contributed by atoms with Crippen LogP contribution in [0.25, 0.3) is 12.2 Å². The Morgan fingerprint density at radius 3 is 2.53 bits per heavy atom. The smallest absolute Gasteiger partial charge is 0.0157 e. The third-order valence-electron chi connectivity index (χ3n) is 3.01. The van der Waals surface area contributed by atoms with Crippen molar-refractivity contribution in [3.63, 3.8) is 0 Å². The summed E-state index contributed by atoms with van der Waals surface area (Å²) in [5.74, 6) is 0.383. The van der Waals surface area contributed by atoms with E-state index in [0.29, 0.717) is 5.92 Å². The molecule has 0 saturated carbocycles. The van der Waals surface area contributed by atoms with Crippen LogP contribution in [0, 0.1) is 5.92 Å². The van der Waals surface area contributed by atoms with E-state index in [4.69, 9.17) is 0 Å². The van der Waals surface area contributed by atoms with Crippen molar-refractivity contribution in [1.29, 1.82) is 0 Å². The summed E-state index contributed by atoms with van der Waals surface area (Å²) >= 11 is 1.73. The summed E-state index contributed by atoms with van der Waals surface area (Å²) in [5, 5.41) is 0. The molecule has 1 aliphatic rings. The lowest BCUT2D eigenvalue weighted by atomic mass is 10.0. The Kier molecular flexibility index (Phi) is 3.39. The number of thioether (sulfide) groups is 1. The van der Waals surface area contributed by atoms with Crippen LogP contribution in [0.4, 0.5) is 0 Å². The average molecular weight is 240 g/mol. The summed E-state index contributed by atoms with van der Waals surface area (Å²) in [4.78, 5) is 2.41. The van der Waals surface area contributed by atoms with Gasteiger partial charge in [0, 0.05) is 10.8 Å². The lowest BCUT2D eigenvalue weighted by Gasteiger charge is -2.02. The van der Waals surface area contributed by atoms with Crippen LogP contribution in [0.1, 0.15) is 18.1 Å². The van der Waals surface area contributed by atoms with Crippen LogP contribution in [0.5, 0.6) is 0 Å². The van der Waals surface area contributed by atoms with Gasteiger partial charge in [0.25, 0.3) is 0 Å². The first-order chi connectivity index (χ1) is 8.11. The maximum atomic E-state index is 4.14. The van der Waals surface area contributed by atoms with Gasteiger partial charge in [-0.1, -0.05) is 62.7 Å². The van der Waals surface area contributed by atoms with Crippen LogP contribution >= 0.6 is 11.8 Å². The first-order valence-corrected chi connectivity index (χ1v) is 6.43. The van der Waals surface area contributed by atoms with E-state index in [-0.39, 0.29) is 0 Å². The summed E-state index contributed by atoms with van der Waals surface area (Å²) < 4.78 is 0. The van der Waals surface area contributed by atoms with Crippen molar-refractivity contribution in [2.75, 3.05) is 0 Å². The Labute approximate surface area is 107 Å². The van der Waals surface area contributed by atoms with E-state index in [1.54, 1.807) is 11.8 Å². The highest BCUT2D eigenvalue weighted by Crippen LogP contribution is 2.47. The summed E-state index contributed by atoms with van der Waals surface area (Å²) in [6, 6.07) is 8.32. The molecule has 86 valence electrons. The fourth-order valence-electron chi connectivity index (χ4n) is 1.75. The highest BCUT2D eigenvalue weighted by molar-refractivity contribution is 8.07. The molecule has 0 spiro atoms. The minimum Gasteiger partial charge on any atom is -0.0985 e. The third-order valence-corrected chi connectivity index (χ3v) is 4.22. The van der Waals surface area contributed by atoms with Gasteiger partial charge in [0.15, 0.2) is 0 Å². The predicted octanol–water partition coefficient (Wildman–Crippen LogP) is 5.12. The summed E-state index contributed by atoms with van der Waals surface area (Å²) in [5.41, 5.74) is 3.50. The molecule has 1 heterocycles. The topological polar surface area (TPSA) is 0 Å². The second-order valence-electron chi connectivity index (χ2n) is 4.20. The van der Waals surface area contributed by atoms with Gasteiger partial charge in [-0.25, -0.2) is 0 Å². The molecule has 1 aliphatic heterocycles. The minimum atomic E-state index is 0.383. The molecule has 1 unspecified atom stereocenters. The number of hydrogen-bond acceptors (Lipinski definition) is 1. The van der Waals surface area contributed by atoms with Gasteiger partial charge in [0.2, 0.25) is 0 Å². The van der Waals surface area contributed by atoms with Gasteiger partial charge in [0.05, 0.1) is 0 Å². The van der Waals surface area contributed by atoms with Crippen molar-refractivity contribution in [2.24, 2.45) is 5.92 Å². The highest BCUT2D eigenvalue weighted by atomic mass is 32.2. The van der Waals surface area contributed by atoms with Crippen LogP contribution in [0.2, 0.25) is 0 Å². The van der Waals surface area contributed by atoms with Gasteiger partial charge in [-0.2, -0.15) is 0 Å². The predicted molar refractivity (Wildman–Crippen MR) is 79.5 cm³/mol. The molecule has 0 bridgehead atoms. The van der Waals surface area contributed by atoms with Crippen LogP contribution in [-0.4, -0.2) is 0 Å². The maximum Gasteiger partial charge on any atom is 0.0157 e. The standard InChI is InChI=1S/C16H16S/c1-5-14-7-6-8-15(9-14)10-16-12(3)11(2)13(4)17-16/h5-11H,1,3-4H2,2H3/b16-10-. The molecule has 2 rings (SSSR count). The second kappa shape index (κ2) is 4.80. The number of hydrogen-bond donors (Lipinski definition) is 0. The van der Waals surface area contributed by atoms with Gasteiger partial charge in [-0.3, -0.25) is 0 Å².